The molecule has 2 bridgehead atoms. The van der Waals surface area contributed by atoms with Crippen molar-refractivity contribution in [3.8, 4) is 0 Å². The van der Waals surface area contributed by atoms with E-state index in [-0.39, 0.29) is 19.5 Å². The Kier molecular flexibility index (Phi) is 14.9. The van der Waals surface area contributed by atoms with Crippen LogP contribution in [0.25, 0.3) is 5.31 Å². The van der Waals surface area contributed by atoms with Gasteiger partial charge in [0.25, 0.3) is 0 Å². The predicted molar refractivity (Wildman–Crippen MR) is 149 cm³/mol. The Morgan fingerprint density at radius 1 is 0.865 bits per heavy atom. The third-order valence-corrected chi connectivity index (χ3v) is 10.2. The average molecular weight is 630 g/mol. The zero-order valence-electron chi connectivity index (χ0n) is 22.9. The summed E-state index contributed by atoms with van der Waals surface area (Å²) in [6.45, 7) is 11.6. The SMILES string of the molecule is C1=CC2C=CC1C2.C1CCOC1.CC(C)[PH+](C1=C(N(C)C)Cc2ccccc21)C(C)C.F[B-](F)(F)F.[Rh+2]. The van der Waals surface area contributed by atoms with Gasteiger partial charge in [-0.05, 0) is 64.4 Å². The van der Waals surface area contributed by atoms with Gasteiger partial charge in [-0.2, -0.15) is 0 Å². The summed E-state index contributed by atoms with van der Waals surface area (Å²) in [6.07, 6.45) is 14.2. The molecule has 1 aliphatic heterocycles. The number of likely N-dealkylation sites (N-methyl/N-ethyl adjacent to an activating group) is 1. The minimum absolute atomic E-state index is 0. The Morgan fingerprint density at radius 2 is 1.32 bits per heavy atom. The van der Waals surface area contributed by atoms with Crippen LogP contribution in [0.5, 0.6) is 0 Å². The number of hydrogen-bond acceptors (Lipinski definition) is 2. The Morgan fingerprint density at radius 3 is 1.65 bits per heavy atom. The molecule has 0 unspecified atom stereocenters. The summed E-state index contributed by atoms with van der Waals surface area (Å²) < 4.78 is 43.9. The maximum Gasteiger partial charge on any atom is 2.00 e. The maximum atomic E-state index is 9.75. The summed E-state index contributed by atoms with van der Waals surface area (Å²) in [5.41, 5.74) is 6.16. The predicted octanol–water partition coefficient (Wildman–Crippen LogP) is 8.35. The number of fused-ring (bicyclic) bond motifs is 3. The first-order valence-electron chi connectivity index (χ1n) is 13.1. The maximum absolute atomic E-state index is 9.75. The Labute approximate surface area is 235 Å². The molecule has 1 aromatic carbocycles. The monoisotopic (exact) mass is 630 g/mol. The quantitative estimate of drug-likeness (QED) is 0.144. The van der Waals surface area contributed by atoms with E-state index in [0.717, 1.165) is 42.8 Å². The third-order valence-electron chi connectivity index (χ3n) is 6.59. The Bertz CT molecular complexity index is 864. The molecule has 0 spiro atoms. The largest absolute Gasteiger partial charge is 2.00 e. The van der Waals surface area contributed by atoms with E-state index in [1.54, 1.807) is 11.0 Å². The molecule has 0 amide bonds. The van der Waals surface area contributed by atoms with Crippen molar-refractivity contribution in [2.45, 2.75) is 64.7 Å². The second kappa shape index (κ2) is 16.2. The molecule has 0 aromatic heterocycles. The van der Waals surface area contributed by atoms with Crippen LogP contribution in [0.15, 0.2) is 54.3 Å². The summed E-state index contributed by atoms with van der Waals surface area (Å²) in [5.74, 6) is 1.62. The van der Waals surface area contributed by atoms with Gasteiger partial charge in [-0.3, -0.25) is 0 Å². The summed E-state index contributed by atoms with van der Waals surface area (Å²) in [7, 11) is -2.13. The second-order valence-corrected chi connectivity index (χ2v) is 14.2. The average Bonchev–Trinajstić information content (AvgIpc) is 3.58. The molecule has 37 heavy (non-hydrogen) atoms. The number of rotatable bonds is 4. The van der Waals surface area contributed by atoms with Crippen LogP contribution in [-0.2, 0) is 30.6 Å². The van der Waals surface area contributed by atoms with Crippen molar-refractivity contribution in [3.05, 3.63) is 65.4 Å². The number of nitrogens with zero attached hydrogens (tertiary/aromatic N) is 1. The van der Waals surface area contributed by atoms with Gasteiger partial charge in [-0.1, -0.05) is 48.6 Å². The van der Waals surface area contributed by atoms with Crippen LogP contribution in [-0.4, -0.2) is 50.8 Å². The van der Waals surface area contributed by atoms with Crippen LogP contribution in [0.2, 0.25) is 0 Å². The standard InChI is InChI=1S/C17H26NP.C7H8.C4H8O.BF4.Rh/c1-12(2)19(13(3)4)17-15-10-8-7-9-14(15)11-16(17)18(5)6;1-2-7-4-3-6(1)5-7;1-2-4-5-3-1;2-1(3,4)5;/h7-10,12-13H,11H2,1-6H3;1-4,6-7H,5H2;1-4H2;;/q;;;-1;+2/p+1. The van der Waals surface area contributed by atoms with E-state index in [1.807, 2.05) is 0 Å². The number of allylic oxidation sites excluding steroid dienone is 5. The zero-order valence-corrected chi connectivity index (χ0v) is 25.6. The number of halogens is 4. The van der Waals surface area contributed by atoms with Crippen LogP contribution >= 0.6 is 7.92 Å². The molecule has 3 aliphatic carbocycles. The fourth-order valence-electron chi connectivity index (χ4n) is 5.13. The van der Waals surface area contributed by atoms with Crippen LogP contribution in [0.1, 0.15) is 58.1 Å². The van der Waals surface area contributed by atoms with Crippen molar-refractivity contribution >= 4 is 20.5 Å². The van der Waals surface area contributed by atoms with Crippen molar-refractivity contribution in [1.29, 1.82) is 0 Å². The minimum atomic E-state index is -6.00. The van der Waals surface area contributed by atoms with Gasteiger partial charge in [0, 0.05) is 47.2 Å². The molecule has 9 heteroatoms. The molecule has 1 heterocycles. The van der Waals surface area contributed by atoms with Gasteiger partial charge in [0.15, 0.2) is 0 Å². The molecular formula is C28H43BF4NOPRh+2. The summed E-state index contributed by atoms with van der Waals surface area (Å²) in [4.78, 5) is 2.34. The van der Waals surface area contributed by atoms with Gasteiger partial charge in [-0.15, -0.1) is 0 Å². The molecule has 4 aliphatic rings. The van der Waals surface area contributed by atoms with Crippen LogP contribution in [0.4, 0.5) is 17.3 Å². The van der Waals surface area contributed by atoms with Gasteiger partial charge < -0.3 is 26.9 Å². The van der Waals surface area contributed by atoms with Crippen molar-refractivity contribution < 1.29 is 41.5 Å². The molecule has 209 valence electrons. The minimum Gasteiger partial charge on any atom is -0.418 e. The van der Waals surface area contributed by atoms with Gasteiger partial charge >= 0.3 is 26.7 Å². The van der Waals surface area contributed by atoms with E-state index in [0.29, 0.717) is 0 Å². The fraction of sp³-hybridized carbons (Fsp3) is 0.571. The molecule has 2 nitrogen and oxygen atoms in total. The molecule has 0 atom stereocenters. The first-order valence-corrected chi connectivity index (χ1v) is 14.7. The molecular weight excluding hydrogens is 587 g/mol. The molecule has 0 saturated carbocycles. The van der Waals surface area contributed by atoms with E-state index in [4.69, 9.17) is 4.74 Å². The van der Waals surface area contributed by atoms with Crippen molar-refractivity contribution in [2.75, 3.05) is 27.3 Å². The number of benzene rings is 1. The van der Waals surface area contributed by atoms with Gasteiger partial charge in [-0.25, -0.2) is 0 Å². The first-order chi connectivity index (χ1) is 16.9. The smallest absolute Gasteiger partial charge is 0.418 e. The van der Waals surface area contributed by atoms with Crippen LogP contribution in [0, 0.1) is 11.8 Å². The molecule has 5 rings (SSSR count). The van der Waals surface area contributed by atoms with E-state index < -0.39 is 15.2 Å². The van der Waals surface area contributed by atoms with E-state index in [1.165, 1.54) is 30.4 Å². The van der Waals surface area contributed by atoms with Gasteiger partial charge in [0.05, 0.1) is 17.0 Å². The van der Waals surface area contributed by atoms with Crippen molar-refractivity contribution in [2.24, 2.45) is 11.8 Å². The molecule has 1 saturated heterocycles. The van der Waals surface area contributed by atoms with E-state index in [9.17, 15) is 17.3 Å². The summed E-state index contributed by atoms with van der Waals surface area (Å²) in [6, 6.07) is 8.99. The van der Waals surface area contributed by atoms with Crippen LogP contribution in [0.3, 0.4) is 0 Å². The summed E-state index contributed by atoms with van der Waals surface area (Å²) >= 11 is 0. The van der Waals surface area contributed by atoms with Crippen molar-refractivity contribution in [1.82, 2.24) is 4.90 Å². The molecule has 0 N–H and O–H groups in total. The number of hydrogen-bond donors (Lipinski definition) is 0. The zero-order chi connectivity index (χ0) is 26.9. The van der Waals surface area contributed by atoms with Gasteiger partial charge in [0.2, 0.25) is 0 Å². The normalized spacial score (nSPS) is 20.7. The molecule has 1 fully saturated rings. The van der Waals surface area contributed by atoms with Crippen molar-refractivity contribution in [3.63, 3.8) is 0 Å². The Balaban J connectivity index is 0.000000307. The number of ether oxygens (including phenoxy) is 1. The fourth-order valence-corrected chi connectivity index (χ4v) is 8.82. The summed E-state index contributed by atoms with van der Waals surface area (Å²) in [5, 5.41) is 1.69. The molecule has 1 radical (unpaired) electrons. The third kappa shape index (κ3) is 11.8. The van der Waals surface area contributed by atoms with Gasteiger partial charge in [0.1, 0.15) is 5.31 Å². The second-order valence-electron chi connectivity index (χ2n) is 10.5. The van der Waals surface area contributed by atoms with E-state index in [2.05, 4.69) is 95.3 Å². The topological polar surface area (TPSA) is 12.5 Å². The van der Waals surface area contributed by atoms with E-state index >= 15 is 0 Å². The first kappa shape index (κ1) is 34.1. The molecule has 1 aromatic rings. The Hall–Kier alpha value is -0.962. The van der Waals surface area contributed by atoms with Crippen LogP contribution < -0.4 is 0 Å².